The van der Waals surface area contributed by atoms with Gasteiger partial charge in [0.05, 0.1) is 30.9 Å². The van der Waals surface area contributed by atoms with E-state index < -0.39 is 5.97 Å². The Morgan fingerprint density at radius 1 is 1.15 bits per heavy atom. The van der Waals surface area contributed by atoms with Crippen molar-refractivity contribution in [2.45, 2.75) is 6.92 Å². The van der Waals surface area contributed by atoms with Gasteiger partial charge in [0.1, 0.15) is 6.61 Å². The van der Waals surface area contributed by atoms with Crippen LogP contribution < -0.4 is 0 Å². The standard InChI is InChI=1S/C14H15NO5/c1-2-20-12(16)9-19-8-7-15-13(17)10-5-3-4-6-11(10)14(15)18/h3-6H,2,7-9H2,1H3. The minimum Gasteiger partial charge on any atom is -0.464 e. The monoisotopic (exact) mass is 277 g/mol. The van der Waals surface area contributed by atoms with Crippen molar-refractivity contribution in [1.29, 1.82) is 0 Å². The zero-order valence-corrected chi connectivity index (χ0v) is 11.1. The third-order valence-corrected chi connectivity index (χ3v) is 2.86. The van der Waals surface area contributed by atoms with Crippen LogP contribution in [-0.4, -0.2) is 49.0 Å². The number of imide groups is 1. The van der Waals surface area contributed by atoms with E-state index in [0.29, 0.717) is 17.7 Å². The highest BCUT2D eigenvalue weighted by atomic mass is 16.6. The maximum absolute atomic E-state index is 12.0. The predicted octanol–water partition coefficient (Wildman–Crippen LogP) is 0.862. The van der Waals surface area contributed by atoms with Gasteiger partial charge < -0.3 is 9.47 Å². The highest BCUT2D eigenvalue weighted by Gasteiger charge is 2.34. The molecule has 6 heteroatoms. The van der Waals surface area contributed by atoms with Gasteiger partial charge in [-0.25, -0.2) is 4.79 Å². The molecule has 0 radical (unpaired) electrons. The van der Waals surface area contributed by atoms with Gasteiger partial charge in [-0.15, -0.1) is 0 Å². The highest BCUT2D eigenvalue weighted by molar-refractivity contribution is 6.21. The molecule has 6 nitrogen and oxygen atoms in total. The van der Waals surface area contributed by atoms with Crippen molar-refractivity contribution in [1.82, 2.24) is 4.90 Å². The summed E-state index contributed by atoms with van der Waals surface area (Å²) in [4.78, 5) is 36.2. The van der Waals surface area contributed by atoms with Crippen LogP contribution >= 0.6 is 0 Å². The van der Waals surface area contributed by atoms with E-state index in [0.717, 1.165) is 4.90 Å². The zero-order valence-electron chi connectivity index (χ0n) is 11.1. The minimum atomic E-state index is -0.463. The summed E-state index contributed by atoms with van der Waals surface area (Å²) in [7, 11) is 0. The number of carbonyl (C=O) groups excluding carboxylic acids is 3. The molecule has 0 atom stereocenters. The number of hydrogen-bond donors (Lipinski definition) is 0. The molecule has 0 N–H and O–H groups in total. The largest absolute Gasteiger partial charge is 0.464 e. The lowest BCUT2D eigenvalue weighted by molar-refractivity contribution is -0.148. The van der Waals surface area contributed by atoms with Gasteiger partial charge in [-0.3, -0.25) is 14.5 Å². The summed E-state index contributed by atoms with van der Waals surface area (Å²) in [6.07, 6.45) is 0. The number of amides is 2. The van der Waals surface area contributed by atoms with Crippen LogP contribution in [0, 0.1) is 0 Å². The summed E-state index contributed by atoms with van der Waals surface area (Å²) < 4.78 is 9.78. The van der Waals surface area contributed by atoms with E-state index in [9.17, 15) is 14.4 Å². The molecule has 2 amide bonds. The first-order valence-electron chi connectivity index (χ1n) is 6.33. The molecule has 0 aliphatic carbocycles. The Balaban J connectivity index is 1.85. The normalized spacial score (nSPS) is 13.6. The Morgan fingerprint density at radius 2 is 1.75 bits per heavy atom. The summed E-state index contributed by atoms with van der Waals surface area (Å²) in [6.45, 7) is 2.03. The maximum Gasteiger partial charge on any atom is 0.332 e. The zero-order chi connectivity index (χ0) is 14.5. The smallest absolute Gasteiger partial charge is 0.332 e. The molecule has 106 valence electrons. The summed E-state index contributed by atoms with van der Waals surface area (Å²) in [5.74, 6) is -1.12. The molecule has 0 fully saturated rings. The molecule has 1 aromatic rings. The molecule has 0 unspecified atom stereocenters. The van der Waals surface area contributed by atoms with E-state index in [2.05, 4.69) is 0 Å². The van der Waals surface area contributed by atoms with Crippen LogP contribution in [0.25, 0.3) is 0 Å². The predicted molar refractivity (Wildman–Crippen MR) is 69.3 cm³/mol. The molecule has 0 saturated heterocycles. The SMILES string of the molecule is CCOC(=O)COCCN1C(=O)c2ccccc2C1=O. The Morgan fingerprint density at radius 3 is 2.30 bits per heavy atom. The average molecular weight is 277 g/mol. The van der Waals surface area contributed by atoms with E-state index in [1.54, 1.807) is 31.2 Å². The number of ether oxygens (including phenoxy) is 2. The molecule has 0 bridgehead atoms. The summed E-state index contributed by atoms with van der Waals surface area (Å²) in [5.41, 5.74) is 0.811. The summed E-state index contributed by atoms with van der Waals surface area (Å²) in [5, 5.41) is 0. The van der Waals surface area contributed by atoms with Crippen molar-refractivity contribution in [2.75, 3.05) is 26.4 Å². The van der Waals surface area contributed by atoms with E-state index >= 15 is 0 Å². The van der Waals surface area contributed by atoms with Crippen LogP contribution in [-0.2, 0) is 14.3 Å². The second-order valence-electron chi connectivity index (χ2n) is 4.17. The van der Waals surface area contributed by atoms with Gasteiger partial charge in [0.25, 0.3) is 11.8 Å². The van der Waals surface area contributed by atoms with Crippen LogP contribution in [0.2, 0.25) is 0 Å². The summed E-state index contributed by atoms with van der Waals surface area (Å²) >= 11 is 0. The lowest BCUT2D eigenvalue weighted by atomic mass is 10.1. The second-order valence-corrected chi connectivity index (χ2v) is 4.17. The molecule has 0 aromatic heterocycles. The number of rotatable bonds is 6. The number of benzene rings is 1. The average Bonchev–Trinajstić information content (AvgIpc) is 2.69. The van der Waals surface area contributed by atoms with Crippen molar-refractivity contribution in [2.24, 2.45) is 0 Å². The number of hydrogen-bond acceptors (Lipinski definition) is 5. The molecule has 1 heterocycles. The first-order chi connectivity index (χ1) is 9.65. The van der Waals surface area contributed by atoms with Gasteiger partial charge in [0, 0.05) is 0 Å². The third kappa shape index (κ3) is 2.85. The third-order valence-electron chi connectivity index (χ3n) is 2.86. The number of carbonyl (C=O) groups is 3. The first kappa shape index (κ1) is 14.2. The van der Waals surface area contributed by atoms with Gasteiger partial charge >= 0.3 is 5.97 Å². The van der Waals surface area contributed by atoms with E-state index in [1.807, 2.05) is 0 Å². The maximum atomic E-state index is 12.0. The molecule has 2 rings (SSSR count). The van der Waals surface area contributed by atoms with Crippen molar-refractivity contribution in [3.63, 3.8) is 0 Å². The van der Waals surface area contributed by atoms with Gasteiger partial charge in [-0.1, -0.05) is 12.1 Å². The van der Waals surface area contributed by atoms with Crippen LogP contribution in [0.15, 0.2) is 24.3 Å². The van der Waals surface area contributed by atoms with Crippen LogP contribution in [0.5, 0.6) is 0 Å². The molecular weight excluding hydrogens is 262 g/mol. The van der Waals surface area contributed by atoms with Crippen molar-refractivity contribution in [3.8, 4) is 0 Å². The van der Waals surface area contributed by atoms with E-state index in [1.165, 1.54) is 0 Å². The number of nitrogens with zero attached hydrogens (tertiary/aromatic N) is 1. The lowest BCUT2D eigenvalue weighted by Gasteiger charge is -2.13. The van der Waals surface area contributed by atoms with Gasteiger partial charge in [0.15, 0.2) is 0 Å². The Kier molecular flexibility index (Phi) is 4.47. The molecular formula is C14H15NO5. The molecule has 0 spiro atoms. The van der Waals surface area contributed by atoms with E-state index in [4.69, 9.17) is 9.47 Å². The van der Waals surface area contributed by atoms with Crippen molar-refractivity contribution in [3.05, 3.63) is 35.4 Å². The first-order valence-corrected chi connectivity index (χ1v) is 6.33. The Labute approximate surface area is 116 Å². The second kappa shape index (κ2) is 6.29. The van der Waals surface area contributed by atoms with Crippen LogP contribution in [0.4, 0.5) is 0 Å². The van der Waals surface area contributed by atoms with Gasteiger partial charge in [-0.2, -0.15) is 0 Å². The van der Waals surface area contributed by atoms with Crippen LogP contribution in [0.1, 0.15) is 27.6 Å². The molecule has 20 heavy (non-hydrogen) atoms. The Bertz CT molecular complexity index is 505. The fourth-order valence-corrected chi connectivity index (χ4v) is 1.96. The number of fused-ring (bicyclic) bond motifs is 1. The fourth-order valence-electron chi connectivity index (χ4n) is 1.96. The number of esters is 1. The van der Waals surface area contributed by atoms with Gasteiger partial charge in [-0.05, 0) is 19.1 Å². The topological polar surface area (TPSA) is 72.9 Å². The van der Waals surface area contributed by atoms with E-state index in [-0.39, 0.29) is 31.6 Å². The molecule has 0 saturated carbocycles. The molecule has 1 aliphatic rings. The van der Waals surface area contributed by atoms with Gasteiger partial charge in [0.2, 0.25) is 0 Å². The molecule has 1 aromatic carbocycles. The Hall–Kier alpha value is -2.21. The lowest BCUT2D eigenvalue weighted by Crippen LogP contribution is -2.33. The van der Waals surface area contributed by atoms with Crippen molar-refractivity contribution < 1.29 is 23.9 Å². The van der Waals surface area contributed by atoms with Crippen LogP contribution in [0.3, 0.4) is 0 Å². The minimum absolute atomic E-state index is 0.101. The van der Waals surface area contributed by atoms with Crippen molar-refractivity contribution >= 4 is 17.8 Å². The summed E-state index contributed by atoms with van der Waals surface area (Å²) in [6, 6.07) is 6.67. The quantitative estimate of drug-likeness (QED) is 0.438. The highest BCUT2D eigenvalue weighted by Crippen LogP contribution is 2.21. The molecule has 1 aliphatic heterocycles. The fraction of sp³-hybridized carbons (Fsp3) is 0.357.